The maximum absolute atomic E-state index is 9.34. The van der Waals surface area contributed by atoms with Crippen LogP contribution in [-0.4, -0.2) is 10.1 Å². The van der Waals surface area contributed by atoms with Crippen LogP contribution in [-0.2, 0) is 0 Å². The van der Waals surface area contributed by atoms with Crippen LogP contribution in [0.4, 0.5) is 0 Å². The molecule has 2 nitrogen and oxygen atoms in total. The molecule has 0 spiro atoms. The highest BCUT2D eigenvalue weighted by molar-refractivity contribution is 9.11. The summed E-state index contributed by atoms with van der Waals surface area (Å²) in [4.78, 5) is 2.85. The summed E-state index contributed by atoms with van der Waals surface area (Å²) in [5, 5.41) is 10.3. The van der Waals surface area contributed by atoms with Gasteiger partial charge in [-0.3, -0.25) is 0 Å². The average molecular weight is 291 g/mol. The molecule has 0 radical (unpaired) electrons. The summed E-state index contributed by atoms with van der Waals surface area (Å²) in [5.74, 6) is 0.164. The Hall–Kier alpha value is -0.480. The minimum Gasteiger partial charge on any atom is -0.494 e. The van der Waals surface area contributed by atoms with E-state index in [1.54, 1.807) is 0 Å². The monoisotopic (exact) mass is 289 g/mol. The fourth-order valence-corrected chi connectivity index (χ4v) is 2.51. The average Bonchev–Trinajstić information content (AvgIpc) is 2.29. The van der Waals surface area contributed by atoms with Gasteiger partial charge < -0.3 is 10.1 Å². The first-order valence-electron chi connectivity index (χ1n) is 3.35. The molecule has 0 saturated heterocycles. The van der Waals surface area contributed by atoms with Crippen LogP contribution in [0.5, 0.6) is 5.88 Å². The minimum absolute atomic E-state index is 0.164. The van der Waals surface area contributed by atoms with Gasteiger partial charge in [0.2, 0.25) is 5.88 Å². The van der Waals surface area contributed by atoms with Gasteiger partial charge in [-0.25, -0.2) is 0 Å². The van der Waals surface area contributed by atoms with Crippen LogP contribution >= 0.6 is 31.9 Å². The number of halogens is 2. The van der Waals surface area contributed by atoms with Gasteiger partial charge in [0.05, 0.1) is 9.99 Å². The lowest BCUT2D eigenvalue weighted by molar-refractivity contribution is 0.455. The number of benzene rings is 1. The standard InChI is InChI=1S/C8H5Br2NO/c9-4-2-1-3-5-6(4)7(10)8(12)11-5/h1-3,11-12H. The molecule has 12 heavy (non-hydrogen) atoms. The van der Waals surface area contributed by atoms with Crippen molar-refractivity contribution >= 4 is 42.8 Å². The third kappa shape index (κ3) is 1.06. The molecule has 0 atom stereocenters. The zero-order valence-corrected chi connectivity index (χ0v) is 9.11. The van der Waals surface area contributed by atoms with Gasteiger partial charge in [0.1, 0.15) is 0 Å². The maximum atomic E-state index is 9.34. The van der Waals surface area contributed by atoms with E-state index < -0.39 is 0 Å². The van der Waals surface area contributed by atoms with E-state index in [4.69, 9.17) is 0 Å². The normalized spacial score (nSPS) is 10.8. The van der Waals surface area contributed by atoms with Gasteiger partial charge in [-0.1, -0.05) is 22.0 Å². The van der Waals surface area contributed by atoms with Gasteiger partial charge in [-0.2, -0.15) is 0 Å². The van der Waals surface area contributed by atoms with Crippen LogP contribution in [0.2, 0.25) is 0 Å². The van der Waals surface area contributed by atoms with Crippen molar-refractivity contribution in [3.05, 3.63) is 27.1 Å². The summed E-state index contributed by atoms with van der Waals surface area (Å²) in [6.07, 6.45) is 0. The van der Waals surface area contributed by atoms with Crippen molar-refractivity contribution in [1.82, 2.24) is 4.98 Å². The van der Waals surface area contributed by atoms with Crippen molar-refractivity contribution in [1.29, 1.82) is 0 Å². The molecule has 62 valence electrons. The summed E-state index contributed by atoms with van der Waals surface area (Å²) in [6, 6.07) is 5.75. The third-order valence-corrected chi connectivity index (χ3v) is 3.13. The number of aromatic hydroxyl groups is 1. The van der Waals surface area contributed by atoms with Crippen LogP contribution in [0.25, 0.3) is 10.9 Å². The summed E-state index contributed by atoms with van der Waals surface area (Å²) < 4.78 is 1.66. The third-order valence-electron chi connectivity index (χ3n) is 1.69. The van der Waals surface area contributed by atoms with Gasteiger partial charge in [-0.15, -0.1) is 0 Å². The van der Waals surface area contributed by atoms with Gasteiger partial charge in [0.25, 0.3) is 0 Å². The molecule has 0 aliphatic rings. The van der Waals surface area contributed by atoms with Crippen LogP contribution in [0.3, 0.4) is 0 Å². The number of H-pyrrole nitrogens is 1. The first-order chi connectivity index (χ1) is 5.70. The van der Waals surface area contributed by atoms with Gasteiger partial charge in [0, 0.05) is 9.86 Å². The fraction of sp³-hybridized carbons (Fsp3) is 0. The molecule has 2 N–H and O–H groups in total. The predicted molar refractivity (Wildman–Crippen MR) is 55.4 cm³/mol. The van der Waals surface area contributed by atoms with Crippen molar-refractivity contribution in [2.24, 2.45) is 0 Å². The molecule has 0 saturated carbocycles. The summed E-state index contributed by atoms with van der Waals surface area (Å²) >= 11 is 6.69. The zero-order chi connectivity index (χ0) is 8.72. The van der Waals surface area contributed by atoms with Gasteiger partial charge in [0.15, 0.2) is 0 Å². The van der Waals surface area contributed by atoms with E-state index in [2.05, 4.69) is 36.8 Å². The summed E-state index contributed by atoms with van der Waals surface area (Å²) in [6.45, 7) is 0. The maximum Gasteiger partial charge on any atom is 0.204 e. The van der Waals surface area contributed by atoms with Crippen LogP contribution in [0, 0.1) is 0 Å². The Morgan fingerprint density at radius 3 is 2.67 bits per heavy atom. The predicted octanol–water partition coefficient (Wildman–Crippen LogP) is 3.40. The Kier molecular flexibility index (Phi) is 1.88. The van der Waals surface area contributed by atoms with Crippen molar-refractivity contribution in [2.75, 3.05) is 0 Å². The van der Waals surface area contributed by atoms with E-state index in [9.17, 15) is 5.11 Å². The van der Waals surface area contributed by atoms with Crippen molar-refractivity contribution in [3.63, 3.8) is 0 Å². The fourth-order valence-electron chi connectivity index (χ4n) is 1.15. The number of rotatable bonds is 0. The highest BCUT2D eigenvalue weighted by Crippen LogP contribution is 2.36. The first-order valence-corrected chi connectivity index (χ1v) is 4.93. The Labute approximate surface area is 85.9 Å². The first kappa shape index (κ1) is 8.13. The van der Waals surface area contributed by atoms with E-state index >= 15 is 0 Å². The molecule has 1 heterocycles. The Balaban J connectivity index is 2.97. The second kappa shape index (κ2) is 2.78. The largest absolute Gasteiger partial charge is 0.494 e. The molecule has 0 amide bonds. The van der Waals surface area contributed by atoms with Crippen molar-refractivity contribution < 1.29 is 5.11 Å². The second-order valence-corrected chi connectivity index (χ2v) is 4.10. The molecular weight excluding hydrogens is 286 g/mol. The smallest absolute Gasteiger partial charge is 0.204 e. The summed E-state index contributed by atoms with van der Waals surface area (Å²) in [7, 11) is 0. The van der Waals surface area contributed by atoms with Gasteiger partial charge in [-0.05, 0) is 28.1 Å². The number of fused-ring (bicyclic) bond motifs is 1. The van der Waals surface area contributed by atoms with E-state index in [0.29, 0.717) is 4.47 Å². The SMILES string of the molecule is Oc1[nH]c2cccc(Br)c2c1Br. The van der Waals surface area contributed by atoms with Crippen LogP contribution in [0.15, 0.2) is 27.1 Å². The number of aromatic nitrogens is 1. The molecule has 0 aliphatic heterocycles. The molecule has 1 aromatic carbocycles. The Morgan fingerprint density at radius 2 is 2.00 bits per heavy atom. The molecule has 4 heteroatoms. The number of nitrogens with one attached hydrogen (secondary N) is 1. The number of hydrogen-bond acceptors (Lipinski definition) is 1. The number of hydrogen-bond donors (Lipinski definition) is 2. The molecule has 2 rings (SSSR count). The zero-order valence-electron chi connectivity index (χ0n) is 5.94. The Morgan fingerprint density at radius 1 is 1.25 bits per heavy atom. The molecule has 0 aliphatic carbocycles. The lowest BCUT2D eigenvalue weighted by Gasteiger charge is -1.92. The summed E-state index contributed by atoms with van der Waals surface area (Å²) in [5.41, 5.74) is 0.911. The highest BCUT2D eigenvalue weighted by atomic mass is 79.9. The van der Waals surface area contributed by atoms with E-state index in [-0.39, 0.29) is 5.88 Å². The van der Waals surface area contributed by atoms with E-state index in [1.807, 2.05) is 18.2 Å². The van der Waals surface area contributed by atoms with Crippen molar-refractivity contribution in [3.8, 4) is 5.88 Å². The minimum atomic E-state index is 0.164. The molecular formula is C8H5Br2NO. The van der Waals surface area contributed by atoms with E-state index in [1.165, 1.54) is 0 Å². The lowest BCUT2D eigenvalue weighted by atomic mass is 10.2. The van der Waals surface area contributed by atoms with Crippen LogP contribution in [0.1, 0.15) is 0 Å². The topological polar surface area (TPSA) is 36.0 Å². The van der Waals surface area contributed by atoms with Crippen molar-refractivity contribution in [2.45, 2.75) is 0 Å². The molecule has 0 fully saturated rings. The van der Waals surface area contributed by atoms with Crippen LogP contribution < -0.4 is 0 Å². The molecule has 0 bridgehead atoms. The molecule has 0 unspecified atom stereocenters. The second-order valence-electron chi connectivity index (χ2n) is 2.45. The molecule has 1 aromatic heterocycles. The quantitative estimate of drug-likeness (QED) is 0.766. The van der Waals surface area contributed by atoms with E-state index in [0.717, 1.165) is 15.4 Å². The number of aromatic amines is 1. The highest BCUT2D eigenvalue weighted by Gasteiger charge is 2.09. The lowest BCUT2D eigenvalue weighted by Crippen LogP contribution is -1.68. The Bertz CT molecular complexity index is 436. The molecule has 2 aromatic rings. The van der Waals surface area contributed by atoms with Gasteiger partial charge >= 0.3 is 0 Å².